The average molecular weight is 334 g/mol. The summed E-state index contributed by atoms with van der Waals surface area (Å²) in [6.07, 6.45) is 5.66. The van der Waals surface area contributed by atoms with Gasteiger partial charge in [0.05, 0.1) is 6.10 Å². The van der Waals surface area contributed by atoms with Gasteiger partial charge in [-0.1, -0.05) is 12.8 Å². The Bertz CT molecular complexity index is 676. The van der Waals surface area contributed by atoms with Crippen molar-refractivity contribution in [1.29, 1.82) is 0 Å². The maximum Gasteiger partial charge on any atom is 0.254 e. The second-order valence-corrected chi connectivity index (χ2v) is 7.02. The molecule has 2 aliphatic carbocycles. The van der Waals surface area contributed by atoms with Gasteiger partial charge >= 0.3 is 0 Å². The van der Waals surface area contributed by atoms with Crippen molar-refractivity contribution in [2.45, 2.75) is 64.6 Å². The maximum absolute atomic E-state index is 12.4. The molecule has 1 aromatic heterocycles. The molecule has 0 saturated heterocycles. The summed E-state index contributed by atoms with van der Waals surface area (Å²) in [5.74, 6) is -0.227. The van der Waals surface area contributed by atoms with Crippen molar-refractivity contribution in [2.75, 3.05) is 6.61 Å². The van der Waals surface area contributed by atoms with Crippen molar-refractivity contribution in [3.05, 3.63) is 28.2 Å². The predicted octanol–water partition coefficient (Wildman–Crippen LogP) is 1.72. The number of hydrogen-bond donors (Lipinski definition) is 2. The average Bonchev–Trinajstić information content (AvgIpc) is 3.02. The number of aromatic nitrogens is 1. The Labute approximate surface area is 141 Å². The van der Waals surface area contributed by atoms with Crippen molar-refractivity contribution in [1.82, 2.24) is 9.88 Å². The van der Waals surface area contributed by atoms with Crippen LogP contribution in [0.25, 0.3) is 0 Å². The third-order valence-corrected chi connectivity index (χ3v) is 5.64. The summed E-state index contributed by atoms with van der Waals surface area (Å²) in [5.41, 5.74) is 0.297. The normalized spacial score (nSPS) is 24.8. The lowest BCUT2D eigenvalue weighted by molar-refractivity contribution is -0.144. The monoisotopic (exact) mass is 334 g/mol. The van der Waals surface area contributed by atoms with Crippen molar-refractivity contribution >= 4 is 5.91 Å². The Hall–Kier alpha value is -1.82. The topological polar surface area (TPSA) is 80.6 Å². The number of pyridine rings is 1. The van der Waals surface area contributed by atoms with Gasteiger partial charge in [-0.2, -0.15) is 0 Å². The molecule has 6 nitrogen and oxygen atoms in total. The van der Waals surface area contributed by atoms with Crippen LogP contribution >= 0.6 is 0 Å². The zero-order chi connectivity index (χ0) is 17.3. The van der Waals surface area contributed by atoms with Crippen LogP contribution in [0.15, 0.2) is 16.9 Å². The van der Waals surface area contributed by atoms with Gasteiger partial charge in [0.2, 0.25) is 5.91 Å². The molecule has 2 fully saturated rings. The third-order valence-electron chi connectivity index (χ3n) is 5.64. The first kappa shape index (κ1) is 17.0. The van der Waals surface area contributed by atoms with E-state index < -0.39 is 0 Å². The summed E-state index contributed by atoms with van der Waals surface area (Å²) >= 11 is 0. The number of nitrogens with zero attached hydrogens (tertiary/aromatic N) is 1. The van der Waals surface area contributed by atoms with Gasteiger partial charge in [-0.3, -0.25) is 9.59 Å². The molecule has 2 N–H and O–H groups in total. The van der Waals surface area contributed by atoms with Crippen LogP contribution in [0, 0.1) is 12.3 Å². The summed E-state index contributed by atoms with van der Waals surface area (Å²) < 4.78 is 7.25. The molecule has 0 unspecified atom stereocenters. The van der Waals surface area contributed by atoms with Gasteiger partial charge in [0, 0.05) is 29.8 Å². The van der Waals surface area contributed by atoms with E-state index in [4.69, 9.17) is 4.74 Å². The van der Waals surface area contributed by atoms with E-state index in [0.717, 1.165) is 25.3 Å². The first-order valence-corrected chi connectivity index (χ1v) is 8.77. The fourth-order valence-corrected chi connectivity index (χ4v) is 4.39. The minimum Gasteiger partial charge on any atom is -0.508 e. The molecular weight excluding hydrogens is 308 g/mol. The standard InChI is InChI=1S/C18H26N2O4/c1-3-24-15-10-14(18(15)6-4-5-7-18)19-16(22)11-20-12(2)8-13(21)9-17(20)23/h8-9,14-15,21H,3-7,10-11H2,1-2H3,(H,19,22)/t14-,15+/m1/s1. The second kappa shape index (κ2) is 6.59. The number of ether oxygens (including phenoxy) is 1. The molecule has 24 heavy (non-hydrogen) atoms. The van der Waals surface area contributed by atoms with Crippen LogP contribution in [0.5, 0.6) is 5.75 Å². The van der Waals surface area contributed by atoms with Crippen LogP contribution in [0.3, 0.4) is 0 Å². The van der Waals surface area contributed by atoms with E-state index in [0.29, 0.717) is 12.3 Å². The lowest BCUT2D eigenvalue weighted by Gasteiger charge is -2.54. The van der Waals surface area contributed by atoms with Crippen molar-refractivity contribution in [2.24, 2.45) is 5.41 Å². The Morgan fingerprint density at radius 3 is 2.75 bits per heavy atom. The largest absolute Gasteiger partial charge is 0.508 e. The van der Waals surface area contributed by atoms with Gasteiger partial charge in [0.15, 0.2) is 0 Å². The van der Waals surface area contributed by atoms with Gasteiger partial charge < -0.3 is 19.7 Å². The Morgan fingerprint density at radius 1 is 1.42 bits per heavy atom. The number of rotatable bonds is 5. The number of carbonyl (C=O) groups excluding carboxylic acids is 1. The van der Waals surface area contributed by atoms with E-state index in [1.165, 1.54) is 23.5 Å². The number of nitrogens with one attached hydrogen (secondary N) is 1. The summed E-state index contributed by atoms with van der Waals surface area (Å²) in [5, 5.41) is 12.6. The van der Waals surface area contributed by atoms with Gasteiger partial charge in [-0.05, 0) is 39.2 Å². The number of aryl methyl sites for hydroxylation is 1. The van der Waals surface area contributed by atoms with E-state index in [-0.39, 0.29) is 41.3 Å². The molecule has 0 aromatic carbocycles. The zero-order valence-corrected chi connectivity index (χ0v) is 14.4. The number of amides is 1. The van der Waals surface area contributed by atoms with Gasteiger partial charge in [-0.15, -0.1) is 0 Å². The van der Waals surface area contributed by atoms with E-state index in [1.54, 1.807) is 6.92 Å². The second-order valence-electron chi connectivity index (χ2n) is 7.02. The van der Waals surface area contributed by atoms with Crippen LogP contribution in [0.1, 0.15) is 44.7 Å². The van der Waals surface area contributed by atoms with Crippen molar-refractivity contribution in [3.8, 4) is 5.75 Å². The summed E-state index contributed by atoms with van der Waals surface area (Å²) in [6.45, 7) is 4.40. The van der Waals surface area contributed by atoms with Crippen LogP contribution in [0.4, 0.5) is 0 Å². The molecular formula is C18H26N2O4. The van der Waals surface area contributed by atoms with Crippen LogP contribution < -0.4 is 10.9 Å². The molecule has 1 spiro atoms. The fraction of sp³-hybridized carbons (Fsp3) is 0.667. The smallest absolute Gasteiger partial charge is 0.254 e. The Balaban J connectivity index is 1.67. The van der Waals surface area contributed by atoms with Gasteiger partial charge in [0.25, 0.3) is 5.56 Å². The van der Waals surface area contributed by atoms with Crippen LogP contribution in [-0.4, -0.2) is 34.3 Å². The third kappa shape index (κ3) is 2.95. The fourth-order valence-electron chi connectivity index (χ4n) is 4.39. The molecule has 2 aliphatic rings. The molecule has 6 heteroatoms. The molecule has 0 aliphatic heterocycles. The highest BCUT2D eigenvalue weighted by molar-refractivity contribution is 5.76. The SMILES string of the molecule is CCO[C@H]1C[C@@H](NC(=O)Cn2c(C)cc(O)cc2=O)C12CCCC2. The molecule has 1 heterocycles. The predicted molar refractivity (Wildman–Crippen MR) is 90.0 cm³/mol. The summed E-state index contributed by atoms with van der Waals surface area (Å²) in [4.78, 5) is 24.4. The van der Waals surface area contributed by atoms with Crippen molar-refractivity contribution in [3.63, 3.8) is 0 Å². The van der Waals surface area contributed by atoms with Crippen LogP contribution in [0.2, 0.25) is 0 Å². The Morgan fingerprint density at radius 2 is 2.12 bits per heavy atom. The number of hydrogen-bond acceptors (Lipinski definition) is 4. The first-order valence-electron chi connectivity index (χ1n) is 8.77. The Kier molecular flexibility index (Phi) is 4.67. The van der Waals surface area contributed by atoms with E-state index in [9.17, 15) is 14.7 Å². The highest BCUT2D eigenvalue weighted by Gasteiger charge is 2.57. The maximum atomic E-state index is 12.4. The lowest BCUT2D eigenvalue weighted by atomic mass is 9.60. The summed E-state index contributed by atoms with van der Waals surface area (Å²) in [6, 6.07) is 2.76. The van der Waals surface area contributed by atoms with E-state index in [2.05, 4.69) is 5.32 Å². The molecule has 0 radical (unpaired) electrons. The zero-order valence-electron chi connectivity index (χ0n) is 14.4. The molecule has 1 aromatic rings. The number of aromatic hydroxyl groups is 1. The first-order chi connectivity index (χ1) is 11.5. The molecule has 132 valence electrons. The highest BCUT2D eigenvalue weighted by atomic mass is 16.5. The quantitative estimate of drug-likeness (QED) is 0.859. The molecule has 1 amide bonds. The minimum atomic E-state index is -0.362. The highest BCUT2D eigenvalue weighted by Crippen LogP contribution is 2.54. The van der Waals surface area contributed by atoms with Crippen LogP contribution in [-0.2, 0) is 16.1 Å². The lowest BCUT2D eigenvalue weighted by Crippen LogP contribution is -2.64. The molecule has 0 bridgehead atoms. The minimum absolute atomic E-state index is 0.0170. The van der Waals surface area contributed by atoms with Crippen molar-refractivity contribution < 1.29 is 14.6 Å². The number of carbonyl (C=O) groups is 1. The molecule has 3 rings (SSSR count). The summed E-state index contributed by atoms with van der Waals surface area (Å²) in [7, 11) is 0. The van der Waals surface area contributed by atoms with E-state index in [1.807, 2.05) is 6.92 Å². The van der Waals surface area contributed by atoms with E-state index >= 15 is 0 Å². The van der Waals surface area contributed by atoms with Gasteiger partial charge in [-0.25, -0.2) is 0 Å². The molecule has 2 saturated carbocycles. The van der Waals surface area contributed by atoms with Gasteiger partial charge in [0.1, 0.15) is 12.3 Å². The molecule has 2 atom stereocenters.